The predicted octanol–water partition coefficient (Wildman–Crippen LogP) is 1.86. The van der Waals surface area contributed by atoms with E-state index in [0.717, 1.165) is 4.31 Å². The Bertz CT molecular complexity index is 1130. The molecule has 11 heteroatoms. The Morgan fingerprint density at radius 2 is 1.75 bits per heavy atom. The summed E-state index contributed by atoms with van der Waals surface area (Å²) in [5.74, 6) is -0.600. The summed E-state index contributed by atoms with van der Waals surface area (Å²) >= 11 is 0. The SMILES string of the molecule is COc1ccc([C@H]2C(N)=NS(=O)(=O)N2CC(=O)Nc2ccc(C(=O)OC(C)C)cc2)cc1. The number of amidine groups is 1. The number of rotatable bonds is 7. The number of carbonyl (C=O) groups excluding carboxylic acids is 2. The van der Waals surface area contributed by atoms with E-state index in [-0.39, 0.29) is 11.9 Å². The van der Waals surface area contributed by atoms with Crippen LogP contribution in [0, 0.1) is 0 Å². The van der Waals surface area contributed by atoms with Crippen LogP contribution in [0.4, 0.5) is 5.69 Å². The molecule has 170 valence electrons. The third kappa shape index (κ3) is 5.24. The van der Waals surface area contributed by atoms with Crippen molar-refractivity contribution in [1.29, 1.82) is 0 Å². The van der Waals surface area contributed by atoms with Crippen LogP contribution < -0.4 is 15.8 Å². The Balaban J connectivity index is 1.72. The second kappa shape index (κ2) is 9.37. The Hall–Kier alpha value is -3.44. The third-order valence-electron chi connectivity index (χ3n) is 4.56. The van der Waals surface area contributed by atoms with Gasteiger partial charge in [-0.05, 0) is 55.8 Å². The van der Waals surface area contributed by atoms with Gasteiger partial charge in [-0.1, -0.05) is 12.1 Å². The van der Waals surface area contributed by atoms with Gasteiger partial charge in [0.1, 0.15) is 17.6 Å². The number of nitrogens with two attached hydrogens (primary N) is 1. The second-order valence-corrected chi connectivity index (χ2v) is 8.84. The molecule has 0 aliphatic carbocycles. The molecular weight excluding hydrogens is 436 g/mol. The maximum atomic E-state index is 12.6. The lowest BCUT2D eigenvalue weighted by Gasteiger charge is -2.22. The summed E-state index contributed by atoms with van der Waals surface area (Å²) in [4.78, 5) is 24.5. The molecule has 10 nitrogen and oxygen atoms in total. The largest absolute Gasteiger partial charge is 0.497 e. The van der Waals surface area contributed by atoms with Gasteiger partial charge in [0.05, 0.1) is 25.3 Å². The number of hydrogen-bond donors (Lipinski definition) is 2. The molecule has 3 N–H and O–H groups in total. The fourth-order valence-electron chi connectivity index (χ4n) is 3.13. The van der Waals surface area contributed by atoms with Crippen molar-refractivity contribution < 1.29 is 27.5 Å². The van der Waals surface area contributed by atoms with E-state index in [1.54, 1.807) is 38.1 Å². The van der Waals surface area contributed by atoms with E-state index in [4.69, 9.17) is 15.2 Å². The first-order chi connectivity index (χ1) is 15.1. The van der Waals surface area contributed by atoms with Gasteiger partial charge in [-0.2, -0.15) is 12.7 Å². The third-order valence-corrected chi connectivity index (χ3v) is 5.94. The van der Waals surface area contributed by atoms with Crippen molar-refractivity contribution in [2.24, 2.45) is 10.1 Å². The molecule has 1 amide bonds. The molecule has 1 heterocycles. The summed E-state index contributed by atoms with van der Waals surface area (Å²) in [6, 6.07) is 11.8. The van der Waals surface area contributed by atoms with Crippen LogP contribution >= 0.6 is 0 Å². The molecule has 0 aromatic heterocycles. The van der Waals surface area contributed by atoms with Crippen molar-refractivity contribution in [1.82, 2.24) is 4.31 Å². The minimum atomic E-state index is -4.12. The molecule has 0 saturated heterocycles. The van der Waals surface area contributed by atoms with Crippen molar-refractivity contribution in [3.05, 3.63) is 59.7 Å². The van der Waals surface area contributed by atoms with Crippen molar-refractivity contribution >= 4 is 33.6 Å². The lowest BCUT2D eigenvalue weighted by molar-refractivity contribution is -0.116. The topological polar surface area (TPSA) is 140 Å². The van der Waals surface area contributed by atoms with Crippen molar-refractivity contribution in [2.75, 3.05) is 19.0 Å². The van der Waals surface area contributed by atoms with E-state index < -0.39 is 34.7 Å². The van der Waals surface area contributed by atoms with Gasteiger partial charge >= 0.3 is 16.2 Å². The van der Waals surface area contributed by atoms with Crippen LogP contribution in [0.2, 0.25) is 0 Å². The van der Waals surface area contributed by atoms with Gasteiger partial charge in [0.2, 0.25) is 5.91 Å². The molecular formula is C21H24N4O6S. The minimum absolute atomic E-state index is 0.129. The summed E-state index contributed by atoms with van der Waals surface area (Å²) in [5, 5.41) is 2.61. The van der Waals surface area contributed by atoms with Crippen molar-refractivity contribution in [3.63, 3.8) is 0 Å². The van der Waals surface area contributed by atoms with Crippen LogP contribution in [0.15, 0.2) is 52.9 Å². The molecule has 0 unspecified atom stereocenters. The molecule has 32 heavy (non-hydrogen) atoms. The van der Waals surface area contributed by atoms with E-state index in [9.17, 15) is 18.0 Å². The summed E-state index contributed by atoms with van der Waals surface area (Å²) < 4.78 is 39.7. The van der Waals surface area contributed by atoms with Gasteiger partial charge in [-0.3, -0.25) is 4.79 Å². The van der Waals surface area contributed by atoms with Crippen LogP contribution in [0.1, 0.15) is 35.8 Å². The van der Waals surface area contributed by atoms with Crippen molar-refractivity contribution in [2.45, 2.75) is 26.0 Å². The van der Waals surface area contributed by atoms with Crippen LogP contribution in [0.3, 0.4) is 0 Å². The van der Waals surface area contributed by atoms with E-state index >= 15 is 0 Å². The predicted molar refractivity (Wildman–Crippen MR) is 119 cm³/mol. The first-order valence-corrected chi connectivity index (χ1v) is 11.1. The molecule has 0 radical (unpaired) electrons. The van der Waals surface area contributed by atoms with Gasteiger partial charge < -0.3 is 20.5 Å². The van der Waals surface area contributed by atoms with Gasteiger partial charge in [0.15, 0.2) is 0 Å². The van der Waals surface area contributed by atoms with Gasteiger partial charge in [0.25, 0.3) is 0 Å². The number of anilines is 1. The highest BCUT2D eigenvalue weighted by Crippen LogP contribution is 2.31. The zero-order valence-corrected chi connectivity index (χ0v) is 18.6. The lowest BCUT2D eigenvalue weighted by Crippen LogP contribution is -2.39. The number of benzene rings is 2. The van der Waals surface area contributed by atoms with E-state index in [1.165, 1.54) is 31.4 Å². The van der Waals surface area contributed by atoms with Crippen molar-refractivity contribution in [3.8, 4) is 5.75 Å². The summed E-state index contributed by atoms with van der Waals surface area (Å²) in [7, 11) is -2.61. The van der Waals surface area contributed by atoms with E-state index in [2.05, 4.69) is 9.71 Å². The first-order valence-electron chi connectivity index (χ1n) is 9.72. The molecule has 0 bridgehead atoms. The fourth-order valence-corrected chi connectivity index (χ4v) is 4.37. The first kappa shape index (κ1) is 23.2. The molecule has 0 fully saturated rings. The number of nitrogens with zero attached hydrogens (tertiary/aromatic N) is 2. The van der Waals surface area contributed by atoms with Gasteiger partial charge in [-0.25, -0.2) is 4.79 Å². The zero-order valence-electron chi connectivity index (χ0n) is 17.8. The number of carbonyl (C=O) groups is 2. The number of amides is 1. The Morgan fingerprint density at radius 3 is 2.31 bits per heavy atom. The lowest BCUT2D eigenvalue weighted by atomic mass is 10.1. The molecule has 2 aromatic rings. The molecule has 1 atom stereocenters. The van der Waals surface area contributed by atoms with E-state index in [1.807, 2.05) is 0 Å². The molecule has 3 rings (SSSR count). The van der Waals surface area contributed by atoms with Crippen LogP contribution in [-0.4, -0.2) is 50.2 Å². The summed E-state index contributed by atoms with van der Waals surface area (Å²) in [6.45, 7) is 2.99. The highest BCUT2D eigenvalue weighted by Gasteiger charge is 2.41. The smallest absolute Gasteiger partial charge is 0.338 e. The number of esters is 1. The Kier molecular flexibility index (Phi) is 6.80. The molecule has 0 saturated carbocycles. The monoisotopic (exact) mass is 460 g/mol. The standard InChI is InChI=1S/C21H24N4O6S/c1-13(2)31-21(27)15-4-8-16(9-5-15)23-18(26)12-25-19(20(22)24-32(25,28)29)14-6-10-17(30-3)11-7-14/h4-11,13,19H,12H2,1-3H3,(H2,22,24)(H,23,26)/t19-/m0/s1. The molecule has 1 aliphatic rings. The molecule has 0 spiro atoms. The highest BCUT2D eigenvalue weighted by atomic mass is 32.2. The van der Waals surface area contributed by atoms with Gasteiger partial charge in [-0.15, -0.1) is 4.40 Å². The molecule has 1 aliphatic heterocycles. The van der Waals surface area contributed by atoms with Crippen LogP contribution in [0.5, 0.6) is 5.75 Å². The maximum absolute atomic E-state index is 12.6. The Labute approximate surface area is 186 Å². The van der Waals surface area contributed by atoms with Crippen LogP contribution in [-0.2, 0) is 19.7 Å². The zero-order chi connectivity index (χ0) is 23.5. The minimum Gasteiger partial charge on any atom is -0.497 e. The van der Waals surface area contributed by atoms with E-state index in [0.29, 0.717) is 22.6 Å². The second-order valence-electron chi connectivity index (χ2n) is 7.29. The fraction of sp³-hybridized carbons (Fsp3) is 0.286. The average molecular weight is 461 g/mol. The number of nitrogens with one attached hydrogen (secondary N) is 1. The maximum Gasteiger partial charge on any atom is 0.338 e. The van der Waals surface area contributed by atoms with Gasteiger partial charge in [0, 0.05) is 5.69 Å². The summed E-state index contributed by atoms with van der Waals surface area (Å²) in [6.07, 6.45) is -0.252. The number of ether oxygens (including phenoxy) is 2. The average Bonchev–Trinajstić information content (AvgIpc) is 2.95. The Morgan fingerprint density at radius 1 is 1.12 bits per heavy atom. The molecule has 2 aromatic carbocycles. The number of methoxy groups -OCH3 is 1. The highest BCUT2D eigenvalue weighted by molar-refractivity contribution is 7.88. The van der Waals surface area contributed by atoms with Crippen LogP contribution in [0.25, 0.3) is 0 Å². The number of hydrogen-bond acceptors (Lipinski definition) is 7. The normalized spacial score (nSPS) is 17.6. The quantitative estimate of drug-likeness (QED) is 0.601. The summed E-state index contributed by atoms with van der Waals surface area (Å²) in [5.41, 5.74) is 7.15.